The maximum Gasteiger partial charge on any atom is 0.153 e. The maximum atomic E-state index is 5.80. The van der Waals surface area contributed by atoms with E-state index in [0.717, 1.165) is 21.5 Å². The summed E-state index contributed by atoms with van der Waals surface area (Å²) in [6.07, 6.45) is 3.50. The lowest BCUT2D eigenvalue weighted by Crippen LogP contribution is -2.10. The number of nitrogen functional groups attached to an aromatic ring is 2. The fraction of sp³-hybridized carbons (Fsp3) is 0.320. The first-order valence-corrected chi connectivity index (χ1v) is 10.1. The Morgan fingerprint density at radius 1 is 0.667 bits per heavy atom. The molecule has 0 aliphatic rings. The summed E-state index contributed by atoms with van der Waals surface area (Å²) in [4.78, 5) is 4.08. The first-order chi connectivity index (χ1) is 14.0. The number of aromatic nitrogens is 3. The van der Waals surface area contributed by atoms with Crippen molar-refractivity contribution in [3.05, 3.63) is 66.0 Å². The summed E-state index contributed by atoms with van der Waals surface area (Å²) < 4.78 is 0. The number of pyridine rings is 1. The molecule has 156 valence electrons. The van der Waals surface area contributed by atoms with Crippen molar-refractivity contribution in [1.82, 2.24) is 15.2 Å². The van der Waals surface area contributed by atoms with Gasteiger partial charge in [-0.15, -0.1) is 5.10 Å². The Balaban J connectivity index is 0.000000171. The third-order valence-electron chi connectivity index (χ3n) is 5.22. The van der Waals surface area contributed by atoms with Gasteiger partial charge < -0.3 is 11.5 Å². The highest BCUT2D eigenvalue weighted by Crippen LogP contribution is 2.28. The maximum absolute atomic E-state index is 5.80. The molecule has 30 heavy (non-hydrogen) atoms. The van der Waals surface area contributed by atoms with E-state index in [1.807, 2.05) is 12.1 Å². The average Bonchev–Trinajstić information content (AvgIpc) is 2.67. The monoisotopic (exact) mass is 401 g/mol. The van der Waals surface area contributed by atoms with Crippen molar-refractivity contribution in [2.24, 2.45) is 0 Å². The lowest BCUT2D eigenvalue weighted by atomic mass is 9.86. The van der Waals surface area contributed by atoms with Gasteiger partial charge in [-0.3, -0.25) is 0 Å². The van der Waals surface area contributed by atoms with Crippen molar-refractivity contribution in [2.45, 2.75) is 52.4 Å². The van der Waals surface area contributed by atoms with Crippen LogP contribution in [0.1, 0.15) is 52.7 Å². The Bertz CT molecular complexity index is 1090. The number of benzene rings is 2. The summed E-state index contributed by atoms with van der Waals surface area (Å²) in [5.74, 6) is 1.10. The van der Waals surface area contributed by atoms with Gasteiger partial charge in [0.2, 0.25) is 0 Å². The average molecular weight is 402 g/mol. The normalized spacial score (nSPS) is 11.9. The van der Waals surface area contributed by atoms with Crippen LogP contribution < -0.4 is 11.5 Å². The minimum atomic E-state index is 0.145. The van der Waals surface area contributed by atoms with E-state index < -0.39 is 0 Å². The largest absolute Gasteiger partial charge is 0.383 e. The fourth-order valence-corrected chi connectivity index (χ4v) is 3.24. The first kappa shape index (κ1) is 21.5. The molecular weight excluding hydrogens is 370 g/mol. The van der Waals surface area contributed by atoms with Crippen LogP contribution in [-0.2, 0) is 10.8 Å². The van der Waals surface area contributed by atoms with Crippen molar-refractivity contribution in [3.63, 3.8) is 0 Å². The summed E-state index contributed by atoms with van der Waals surface area (Å²) in [5.41, 5.74) is 14.5. The second-order valence-electron chi connectivity index (χ2n) is 9.66. The molecule has 2 heterocycles. The van der Waals surface area contributed by atoms with Crippen LogP contribution in [0.15, 0.2) is 54.9 Å². The summed E-state index contributed by atoms with van der Waals surface area (Å²) in [5, 5.41) is 11.9. The smallest absolute Gasteiger partial charge is 0.153 e. The molecule has 0 radical (unpaired) electrons. The van der Waals surface area contributed by atoms with Gasteiger partial charge in [-0.05, 0) is 39.5 Å². The number of rotatable bonds is 0. The Hall–Kier alpha value is -3.21. The molecule has 0 aliphatic heterocycles. The Morgan fingerprint density at radius 3 is 1.77 bits per heavy atom. The van der Waals surface area contributed by atoms with E-state index in [2.05, 4.69) is 87.1 Å². The van der Waals surface area contributed by atoms with Crippen LogP contribution in [0, 0.1) is 0 Å². The Kier molecular flexibility index (Phi) is 5.66. The molecule has 4 N–H and O–H groups in total. The lowest BCUT2D eigenvalue weighted by molar-refractivity contribution is 0.591. The topological polar surface area (TPSA) is 90.7 Å². The second-order valence-corrected chi connectivity index (χ2v) is 9.66. The van der Waals surface area contributed by atoms with E-state index in [-0.39, 0.29) is 10.8 Å². The van der Waals surface area contributed by atoms with Crippen LogP contribution in [0.5, 0.6) is 0 Å². The summed E-state index contributed by atoms with van der Waals surface area (Å²) >= 11 is 0. The minimum Gasteiger partial charge on any atom is -0.383 e. The molecule has 0 bridgehead atoms. The van der Waals surface area contributed by atoms with Gasteiger partial charge in [0.1, 0.15) is 5.82 Å². The molecule has 0 unspecified atom stereocenters. The molecule has 4 rings (SSSR count). The van der Waals surface area contributed by atoms with Gasteiger partial charge >= 0.3 is 0 Å². The highest BCUT2D eigenvalue weighted by atomic mass is 15.1. The van der Waals surface area contributed by atoms with Crippen LogP contribution in [0.4, 0.5) is 11.6 Å². The van der Waals surface area contributed by atoms with E-state index in [4.69, 9.17) is 11.5 Å². The Morgan fingerprint density at radius 2 is 1.20 bits per heavy atom. The van der Waals surface area contributed by atoms with Gasteiger partial charge in [-0.25, -0.2) is 4.98 Å². The highest BCUT2D eigenvalue weighted by molar-refractivity contribution is 5.91. The van der Waals surface area contributed by atoms with Crippen molar-refractivity contribution in [3.8, 4) is 0 Å². The van der Waals surface area contributed by atoms with E-state index in [1.54, 1.807) is 12.4 Å². The molecule has 0 amide bonds. The van der Waals surface area contributed by atoms with E-state index in [1.165, 1.54) is 11.1 Å². The van der Waals surface area contributed by atoms with Gasteiger partial charge in [0, 0.05) is 22.4 Å². The van der Waals surface area contributed by atoms with E-state index in [0.29, 0.717) is 11.6 Å². The molecule has 4 aromatic rings. The SMILES string of the molecule is CC(C)(C)c1ccc2c(N)nccc2c1.CC(C)(C)c1ccc2c(N)nncc2c1. The minimum absolute atomic E-state index is 0.145. The number of nitrogens with zero attached hydrogens (tertiary/aromatic N) is 3. The summed E-state index contributed by atoms with van der Waals surface area (Å²) in [6, 6.07) is 14.6. The molecular formula is C25H31N5. The van der Waals surface area contributed by atoms with Crippen molar-refractivity contribution in [2.75, 3.05) is 11.5 Å². The molecule has 0 saturated carbocycles. The van der Waals surface area contributed by atoms with Crippen LogP contribution in [0.25, 0.3) is 21.5 Å². The van der Waals surface area contributed by atoms with Gasteiger partial charge in [0.25, 0.3) is 0 Å². The van der Waals surface area contributed by atoms with Crippen LogP contribution >= 0.6 is 0 Å². The first-order valence-electron chi connectivity index (χ1n) is 10.1. The van der Waals surface area contributed by atoms with Gasteiger partial charge in [0.15, 0.2) is 5.82 Å². The van der Waals surface area contributed by atoms with Crippen molar-refractivity contribution < 1.29 is 0 Å². The lowest BCUT2D eigenvalue weighted by Gasteiger charge is -2.19. The predicted molar refractivity (Wildman–Crippen MR) is 128 cm³/mol. The number of anilines is 2. The number of nitrogens with two attached hydrogens (primary N) is 2. The third kappa shape index (κ3) is 4.67. The van der Waals surface area contributed by atoms with Crippen LogP contribution in [0.3, 0.4) is 0 Å². The molecule has 0 aliphatic carbocycles. The molecule has 2 aromatic heterocycles. The molecule has 5 heteroatoms. The zero-order chi connectivity index (χ0) is 22.1. The molecule has 0 fully saturated rings. The number of hydrogen-bond donors (Lipinski definition) is 2. The number of fused-ring (bicyclic) bond motifs is 2. The predicted octanol–water partition coefficient (Wildman–Crippen LogP) is 5.62. The standard InChI is InChI=1S/C13H16N2.C12H15N3/c1-13(2,3)10-4-5-11-9(8-10)6-7-15-12(11)14;1-12(2,3)9-4-5-10-8(6-9)7-14-15-11(10)13/h4-8H,1-3H3,(H2,14,15);4-7H,1-3H3,(H2,13,15). The van der Waals surface area contributed by atoms with E-state index >= 15 is 0 Å². The van der Waals surface area contributed by atoms with Crippen molar-refractivity contribution in [1.29, 1.82) is 0 Å². The fourth-order valence-electron chi connectivity index (χ4n) is 3.24. The zero-order valence-electron chi connectivity index (χ0n) is 18.7. The van der Waals surface area contributed by atoms with E-state index in [9.17, 15) is 0 Å². The number of hydrogen-bond acceptors (Lipinski definition) is 5. The second kappa shape index (κ2) is 7.90. The van der Waals surface area contributed by atoms with Crippen LogP contribution in [-0.4, -0.2) is 15.2 Å². The van der Waals surface area contributed by atoms with Crippen LogP contribution in [0.2, 0.25) is 0 Å². The summed E-state index contributed by atoms with van der Waals surface area (Å²) in [6.45, 7) is 13.2. The van der Waals surface area contributed by atoms with Gasteiger partial charge in [0.05, 0.1) is 6.20 Å². The highest BCUT2D eigenvalue weighted by Gasteiger charge is 2.15. The molecule has 2 aromatic carbocycles. The quantitative estimate of drug-likeness (QED) is 0.399. The third-order valence-corrected chi connectivity index (χ3v) is 5.22. The van der Waals surface area contributed by atoms with Gasteiger partial charge in [-0.2, -0.15) is 5.10 Å². The molecule has 0 spiro atoms. The molecule has 0 saturated heterocycles. The van der Waals surface area contributed by atoms with Gasteiger partial charge in [-0.1, -0.05) is 71.9 Å². The van der Waals surface area contributed by atoms with Crippen molar-refractivity contribution >= 4 is 33.2 Å². The zero-order valence-corrected chi connectivity index (χ0v) is 18.7. The molecule has 0 atom stereocenters. The summed E-state index contributed by atoms with van der Waals surface area (Å²) in [7, 11) is 0. The Labute approximate surface area is 178 Å². The molecule has 5 nitrogen and oxygen atoms in total.